The minimum absolute atomic E-state index is 0.244. The molecule has 0 atom stereocenters. The van der Waals surface area contributed by atoms with Gasteiger partial charge in [-0.15, -0.1) is 0 Å². The zero-order valence-electron chi connectivity index (χ0n) is 13.6. The lowest BCUT2D eigenvalue weighted by Crippen LogP contribution is -2.12. The number of aromatic nitrogens is 1. The van der Waals surface area contributed by atoms with Crippen molar-refractivity contribution < 1.29 is 9.53 Å². The molecule has 0 saturated heterocycles. The Kier molecular flexibility index (Phi) is 4.72. The van der Waals surface area contributed by atoms with E-state index in [0.717, 1.165) is 5.56 Å². The third kappa shape index (κ3) is 4.21. The molecule has 1 aromatic heterocycles. The summed E-state index contributed by atoms with van der Waals surface area (Å²) in [5.74, 6) is 0.756. The number of nitriles is 1. The molecule has 3 aromatic rings. The normalized spacial score (nSPS) is 9.92. The monoisotopic (exact) mass is 329 g/mol. The second-order valence-electron chi connectivity index (χ2n) is 5.47. The first-order valence-electron chi connectivity index (χ1n) is 7.65. The molecule has 1 heterocycles. The maximum Gasteiger partial charge on any atom is 0.255 e. The van der Waals surface area contributed by atoms with Crippen molar-refractivity contribution in [3.05, 3.63) is 83.7 Å². The second kappa shape index (κ2) is 7.28. The molecular weight excluding hydrogens is 314 g/mol. The summed E-state index contributed by atoms with van der Waals surface area (Å²) in [7, 11) is 0. The Morgan fingerprint density at radius 2 is 2.00 bits per heavy atom. The zero-order chi connectivity index (χ0) is 17.6. The largest absolute Gasteiger partial charge is 0.456 e. The van der Waals surface area contributed by atoms with Crippen LogP contribution in [0.25, 0.3) is 0 Å². The molecule has 0 aliphatic heterocycles. The van der Waals surface area contributed by atoms with E-state index in [0.29, 0.717) is 28.3 Å². The zero-order valence-corrected chi connectivity index (χ0v) is 13.6. The first-order chi connectivity index (χ1) is 12.1. The van der Waals surface area contributed by atoms with Crippen LogP contribution in [0, 0.1) is 18.3 Å². The molecule has 0 aliphatic rings. The number of nitrogens with one attached hydrogen (secondary N) is 1. The van der Waals surface area contributed by atoms with Gasteiger partial charge in [-0.25, -0.2) is 0 Å². The Morgan fingerprint density at radius 1 is 1.12 bits per heavy atom. The summed E-state index contributed by atoms with van der Waals surface area (Å²) in [6, 6.07) is 17.8. The van der Waals surface area contributed by atoms with Gasteiger partial charge in [-0.1, -0.05) is 17.7 Å². The van der Waals surface area contributed by atoms with Gasteiger partial charge in [0.05, 0.1) is 17.8 Å². The van der Waals surface area contributed by atoms with Crippen LogP contribution in [0.3, 0.4) is 0 Å². The SMILES string of the molecule is Cc1cccc(C(=O)Nc2cc(C#N)cc(Oc3cccnc3)c2)c1. The summed E-state index contributed by atoms with van der Waals surface area (Å²) >= 11 is 0. The number of rotatable bonds is 4. The van der Waals surface area contributed by atoms with Crippen molar-refractivity contribution in [3.63, 3.8) is 0 Å². The van der Waals surface area contributed by atoms with E-state index in [9.17, 15) is 10.1 Å². The number of carbonyl (C=O) groups is 1. The molecule has 5 nitrogen and oxygen atoms in total. The van der Waals surface area contributed by atoms with E-state index < -0.39 is 0 Å². The minimum atomic E-state index is -0.244. The number of benzene rings is 2. The lowest BCUT2D eigenvalue weighted by atomic mass is 10.1. The highest BCUT2D eigenvalue weighted by Crippen LogP contribution is 2.26. The van der Waals surface area contributed by atoms with Crippen LogP contribution in [0.1, 0.15) is 21.5 Å². The van der Waals surface area contributed by atoms with E-state index in [1.54, 1.807) is 54.9 Å². The van der Waals surface area contributed by atoms with Gasteiger partial charge < -0.3 is 10.1 Å². The number of nitrogens with zero attached hydrogens (tertiary/aromatic N) is 2. The lowest BCUT2D eigenvalue weighted by Gasteiger charge is -2.10. The van der Waals surface area contributed by atoms with Gasteiger partial charge in [0.2, 0.25) is 0 Å². The third-order valence-electron chi connectivity index (χ3n) is 3.44. The molecule has 1 amide bonds. The maximum atomic E-state index is 12.4. The smallest absolute Gasteiger partial charge is 0.255 e. The van der Waals surface area contributed by atoms with E-state index in [4.69, 9.17) is 4.74 Å². The minimum Gasteiger partial charge on any atom is -0.456 e. The van der Waals surface area contributed by atoms with Crippen molar-refractivity contribution in [2.24, 2.45) is 0 Å². The molecule has 3 rings (SSSR count). The second-order valence-corrected chi connectivity index (χ2v) is 5.47. The fourth-order valence-corrected chi connectivity index (χ4v) is 2.33. The summed E-state index contributed by atoms with van der Waals surface area (Å²) in [6.07, 6.45) is 3.22. The molecule has 0 unspecified atom stereocenters. The molecule has 0 spiro atoms. The molecule has 0 fully saturated rings. The molecule has 0 saturated carbocycles. The Bertz CT molecular complexity index is 947. The third-order valence-corrected chi connectivity index (χ3v) is 3.44. The van der Waals surface area contributed by atoms with Gasteiger partial charge >= 0.3 is 0 Å². The van der Waals surface area contributed by atoms with Crippen LogP contribution in [0.2, 0.25) is 0 Å². The number of amides is 1. The highest BCUT2D eigenvalue weighted by Gasteiger charge is 2.09. The predicted octanol–water partition coefficient (Wildman–Crippen LogP) is 4.31. The number of pyridine rings is 1. The van der Waals surface area contributed by atoms with Crippen molar-refractivity contribution in [2.45, 2.75) is 6.92 Å². The van der Waals surface area contributed by atoms with Crippen LogP contribution in [0.15, 0.2) is 67.0 Å². The fraction of sp³-hybridized carbons (Fsp3) is 0.0500. The highest BCUT2D eigenvalue weighted by atomic mass is 16.5. The number of ether oxygens (including phenoxy) is 1. The van der Waals surface area contributed by atoms with Crippen LogP contribution >= 0.6 is 0 Å². The summed E-state index contributed by atoms with van der Waals surface area (Å²) < 4.78 is 5.70. The molecule has 25 heavy (non-hydrogen) atoms. The Labute approximate surface area is 145 Å². The average Bonchev–Trinajstić information content (AvgIpc) is 2.62. The Hall–Kier alpha value is -3.65. The number of anilines is 1. The van der Waals surface area contributed by atoms with Crippen molar-refractivity contribution in [1.29, 1.82) is 5.26 Å². The summed E-state index contributed by atoms with van der Waals surface area (Å²) in [5, 5.41) is 12.0. The molecule has 5 heteroatoms. The van der Waals surface area contributed by atoms with Gasteiger partial charge in [0.25, 0.3) is 5.91 Å². The first kappa shape index (κ1) is 16.2. The van der Waals surface area contributed by atoms with Crippen molar-refractivity contribution in [1.82, 2.24) is 4.98 Å². The van der Waals surface area contributed by atoms with Crippen molar-refractivity contribution >= 4 is 11.6 Å². The number of aryl methyl sites for hydroxylation is 1. The van der Waals surface area contributed by atoms with Crippen molar-refractivity contribution in [3.8, 4) is 17.6 Å². The molecular formula is C20H15N3O2. The average molecular weight is 329 g/mol. The van der Waals surface area contributed by atoms with E-state index in [1.165, 1.54) is 0 Å². The van der Waals surface area contributed by atoms with Crippen LogP contribution in [-0.4, -0.2) is 10.9 Å². The summed E-state index contributed by atoms with van der Waals surface area (Å²) in [6.45, 7) is 1.92. The molecule has 122 valence electrons. The summed E-state index contributed by atoms with van der Waals surface area (Å²) in [5.41, 5.74) is 2.43. The van der Waals surface area contributed by atoms with Gasteiger partial charge in [0, 0.05) is 23.5 Å². The predicted molar refractivity (Wildman–Crippen MR) is 94.6 cm³/mol. The van der Waals surface area contributed by atoms with Crippen LogP contribution in [-0.2, 0) is 0 Å². The lowest BCUT2D eigenvalue weighted by molar-refractivity contribution is 0.102. The Balaban J connectivity index is 1.85. The quantitative estimate of drug-likeness (QED) is 0.774. The van der Waals surface area contributed by atoms with Crippen LogP contribution in [0.4, 0.5) is 5.69 Å². The topological polar surface area (TPSA) is 75.0 Å². The standard InChI is InChI=1S/C20H15N3O2/c1-14-4-2-5-16(8-14)20(24)23-17-9-15(12-21)10-19(11-17)25-18-6-3-7-22-13-18/h2-11,13H,1H3,(H,23,24). The van der Waals surface area contributed by atoms with Gasteiger partial charge in [-0.05, 0) is 43.3 Å². The number of hydrogen-bond acceptors (Lipinski definition) is 4. The molecule has 2 aromatic carbocycles. The Morgan fingerprint density at radius 3 is 2.72 bits per heavy atom. The van der Waals surface area contributed by atoms with Gasteiger partial charge in [0.1, 0.15) is 11.5 Å². The number of hydrogen-bond donors (Lipinski definition) is 1. The van der Waals surface area contributed by atoms with Crippen molar-refractivity contribution in [2.75, 3.05) is 5.32 Å². The molecule has 0 bridgehead atoms. The highest BCUT2D eigenvalue weighted by molar-refractivity contribution is 6.04. The van der Waals surface area contributed by atoms with Crippen LogP contribution in [0.5, 0.6) is 11.5 Å². The van der Waals surface area contributed by atoms with E-state index in [1.807, 2.05) is 19.1 Å². The molecule has 0 radical (unpaired) electrons. The summed E-state index contributed by atoms with van der Waals surface area (Å²) in [4.78, 5) is 16.4. The number of carbonyl (C=O) groups excluding carboxylic acids is 1. The van der Waals surface area contributed by atoms with Gasteiger partial charge in [-0.3, -0.25) is 9.78 Å². The molecule has 0 aliphatic carbocycles. The van der Waals surface area contributed by atoms with E-state index in [2.05, 4.69) is 16.4 Å². The van der Waals surface area contributed by atoms with E-state index in [-0.39, 0.29) is 5.91 Å². The van der Waals surface area contributed by atoms with Crippen LogP contribution < -0.4 is 10.1 Å². The van der Waals surface area contributed by atoms with Gasteiger partial charge in [-0.2, -0.15) is 5.26 Å². The van der Waals surface area contributed by atoms with Gasteiger partial charge in [0.15, 0.2) is 0 Å². The fourth-order valence-electron chi connectivity index (χ4n) is 2.33. The first-order valence-corrected chi connectivity index (χ1v) is 7.65. The van der Waals surface area contributed by atoms with E-state index >= 15 is 0 Å². The molecule has 1 N–H and O–H groups in total. The maximum absolute atomic E-state index is 12.4.